The lowest BCUT2D eigenvalue weighted by molar-refractivity contribution is -0.150. The Morgan fingerprint density at radius 3 is 3.00 bits per heavy atom. The second-order valence-electron chi connectivity index (χ2n) is 2.82. The van der Waals surface area contributed by atoms with E-state index >= 15 is 0 Å². The molecule has 0 aromatic heterocycles. The van der Waals surface area contributed by atoms with Gasteiger partial charge in [-0.15, -0.1) is 12.3 Å². The van der Waals surface area contributed by atoms with Gasteiger partial charge in [-0.2, -0.15) is 0 Å². The molecule has 0 spiro atoms. The molecule has 0 radical (unpaired) electrons. The van der Waals surface area contributed by atoms with E-state index in [0.717, 1.165) is 6.42 Å². The Morgan fingerprint density at radius 2 is 2.46 bits per heavy atom. The average Bonchev–Trinajstić information content (AvgIpc) is 2.53. The SMILES string of the molecule is C#CCCCC1OCC(C(=O)O)O1. The normalized spacial score (nSPS) is 27.0. The molecule has 0 aliphatic carbocycles. The van der Waals surface area contributed by atoms with Crippen LogP contribution < -0.4 is 0 Å². The highest BCUT2D eigenvalue weighted by atomic mass is 16.7. The van der Waals surface area contributed by atoms with Crippen molar-refractivity contribution in [1.29, 1.82) is 0 Å². The number of terminal acetylenes is 1. The summed E-state index contributed by atoms with van der Waals surface area (Å²) in [5.74, 6) is 1.53. The first kappa shape index (κ1) is 10.0. The van der Waals surface area contributed by atoms with Gasteiger partial charge in [0.2, 0.25) is 0 Å². The number of carbonyl (C=O) groups is 1. The first-order valence-electron chi connectivity index (χ1n) is 4.17. The fourth-order valence-electron chi connectivity index (χ4n) is 1.11. The summed E-state index contributed by atoms with van der Waals surface area (Å²) in [6.07, 6.45) is 5.99. The zero-order valence-corrected chi connectivity index (χ0v) is 7.23. The summed E-state index contributed by atoms with van der Waals surface area (Å²) in [7, 11) is 0. The minimum Gasteiger partial charge on any atom is -0.479 e. The minimum atomic E-state index is -0.973. The van der Waals surface area contributed by atoms with Gasteiger partial charge in [-0.3, -0.25) is 0 Å². The first-order valence-corrected chi connectivity index (χ1v) is 4.17. The van der Waals surface area contributed by atoms with Crippen LogP contribution >= 0.6 is 0 Å². The third-order valence-corrected chi connectivity index (χ3v) is 1.79. The molecule has 1 rings (SSSR count). The van der Waals surface area contributed by atoms with Crippen molar-refractivity contribution in [3.63, 3.8) is 0 Å². The van der Waals surface area contributed by atoms with Crippen LogP contribution in [0.4, 0.5) is 0 Å². The molecule has 1 aliphatic rings. The number of rotatable bonds is 4. The molecule has 1 saturated heterocycles. The Labute approximate surface area is 76.8 Å². The summed E-state index contributed by atoms with van der Waals surface area (Å²) < 4.78 is 10.2. The first-order chi connectivity index (χ1) is 6.24. The highest BCUT2D eigenvalue weighted by Crippen LogP contribution is 2.16. The summed E-state index contributed by atoms with van der Waals surface area (Å²) in [5, 5.41) is 8.57. The van der Waals surface area contributed by atoms with Gasteiger partial charge >= 0.3 is 5.97 Å². The van der Waals surface area contributed by atoms with Crippen LogP contribution in [0.25, 0.3) is 0 Å². The van der Waals surface area contributed by atoms with Crippen LogP contribution in [0.1, 0.15) is 19.3 Å². The summed E-state index contributed by atoms with van der Waals surface area (Å²) in [6.45, 7) is 0.135. The van der Waals surface area contributed by atoms with Gasteiger partial charge in [0.15, 0.2) is 12.4 Å². The van der Waals surface area contributed by atoms with E-state index in [-0.39, 0.29) is 6.61 Å². The zero-order chi connectivity index (χ0) is 9.68. The van der Waals surface area contributed by atoms with Crippen molar-refractivity contribution in [3.05, 3.63) is 0 Å². The van der Waals surface area contributed by atoms with Crippen LogP contribution in [0.3, 0.4) is 0 Å². The van der Waals surface area contributed by atoms with Crippen molar-refractivity contribution in [1.82, 2.24) is 0 Å². The molecule has 0 amide bonds. The monoisotopic (exact) mass is 184 g/mol. The van der Waals surface area contributed by atoms with Gasteiger partial charge in [0, 0.05) is 6.42 Å². The van der Waals surface area contributed by atoms with E-state index in [1.165, 1.54) is 0 Å². The van der Waals surface area contributed by atoms with Crippen LogP contribution in [-0.4, -0.2) is 30.1 Å². The molecule has 1 aliphatic heterocycles. The molecule has 2 unspecified atom stereocenters. The maximum Gasteiger partial charge on any atom is 0.335 e. The van der Waals surface area contributed by atoms with Crippen molar-refractivity contribution in [3.8, 4) is 12.3 Å². The fourth-order valence-corrected chi connectivity index (χ4v) is 1.11. The molecular weight excluding hydrogens is 172 g/mol. The highest BCUT2D eigenvalue weighted by molar-refractivity contribution is 5.72. The molecule has 72 valence electrons. The molecule has 0 aromatic carbocycles. The molecule has 1 heterocycles. The molecule has 2 atom stereocenters. The minimum absolute atomic E-state index is 0.135. The number of carboxylic acids is 1. The van der Waals surface area contributed by atoms with E-state index in [0.29, 0.717) is 12.8 Å². The van der Waals surface area contributed by atoms with Crippen LogP contribution in [0.15, 0.2) is 0 Å². The van der Waals surface area contributed by atoms with E-state index in [4.69, 9.17) is 21.0 Å². The lowest BCUT2D eigenvalue weighted by Gasteiger charge is -2.07. The molecular formula is C9H12O4. The highest BCUT2D eigenvalue weighted by Gasteiger charge is 2.30. The summed E-state index contributed by atoms with van der Waals surface area (Å²) in [6, 6.07) is 0. The quantitative estimate of drug-likeness (QED) is 0.514. The van der Waals surface area contributed by atoms with Crippen molar-refractivity contribution in [2.45, 2.75) is 31.7 Å². The number of ether oxygens (including phenoxy) is 2. The average molecular weight is 184 g/mol. The Morgan fingerprint density at radius 1 is 1.69 bits per heavy atom. The Balaban J connectivity index is 2.18. The van der Waals surface area contributed by atoms with Crippen molar-refractivity contribution < 1.29 is 19.4 Å². The van der Waals surface area contributed by atoms with Crippen molar-refractivity contribution in [2.24, 2.45) is 0 Å². The maximum atomic E-state index is 10.4. The molecule has 0 bridgehead atoms. The smallest absolute Gasteiger partial charge is 0.335 e. The predicted octanol–water partition coefficient (Wildman–Crippen LogP) is 0.616. The Hall–Kier alpha value is -1.05. The topological polar surface area (TPSA) is 55.8 Å². The third-order valence-electron chi connectivity index (χ3n) is 1.79. The molecule has 4 heteroatoms. The van der Waals surface area contributed by atoms with Crippen molar-refractivity contribution in [2.75, 3.05) is 6.61 Å². The standard InChI is InChI=1S/C9H12O4/c1-2-3-4-5-8-12-6-7(13-8)9(10)11/h1,7-8H,3-6H2,(H,10,11). The largest absolute Gasteiger partial charge is 0.479 e. The summed E-state index contributed by atoms with van der Waals surface area (Å²) in [4.78, 5) is 10.4. The van der Waals surface area contributed by atoms with Crippen LogP contribution in [-0.2, 0) is 14.3 Å². The molecule has 13 heavy (non-hydrogen) atoms. The Bertz CT molecular complexity index is 218. The summed E-state index contributed by atoms with van der Waals surface area (Å²) >= 11 is 0. The number of carboxylic acid groups (broad SMARTS) is 1. The lowest BCUT2D eigenvalue weighted by atomic mass is 10.2. The van der Waals surface area contributed by atoms with E-state index in [2.05, 4.69) is 5.92 Å². The van der Waals surface area contributed by atoms with E-state index in [1.54, 1.807) is 0 Å². The number of unbranched alkanes of at least 4 members (excludes halogenated alkanes) is 1. The van der Waals surface area contributed by atoms with Gasteiger partial charge in [-0.25, -0.2) is 4.79 Å². The fraction of sp³-hybridized carbons (Fsp3) is 0.667. The molecule has 1 fully saturated rings. The second kappa shape index (κ2) is 4.85. The van der Waals surface area contributed by atoms with E-state index < -0.39 is 18.4 Å². The lowest BCUT2D eigenvalue weighted by Crippen LogP contribution is -2.22. The van der Waals surface area contributed by atoms with Gasteiger partial charge in [-0.1, -0.05) is 0 Å². The third kappa shape index (κ3) is 3.05. The van der Waals surface area contributed by atoms with Gasteiger partial charge in [0.05, 0.1) is 6.61 Å². The van der Waals surface area contributed by atoms with Gasteiger partial charge in [0.1, 0.15) is 0 Å². The van der Waals surface area contributed by atoms with Gasteiger partial charge in [-0.05, 0) is 12.8 Å². The number of aliphatic carboxylic acids is 1. The van der Waals surface area contributed by atoms with Crippen LogP contribution in [0.2, 0.25) is 0 Å². The molecule has 0 aromatic rings. The predicted molar refractivity (Wildman–Crippen MR) is 44.9 cm³/mol. The molecule has 0 saturated carbocycles. The summed E-state index contributed by atoms with van der Waals surface area (Å²) in [5.41, 5.74) is 0. The maximum absolute atomic E-state index is 10.4. The number of hydrogen-bond donors (Lipinski definition) is 1. The second-order valence-corrected chi connectivity index (χ2v) is 2.82. The van der Waals surface area contributed by atoms with Gasteiger partial charge < -0.3 is 14.6 Å². The zero-order valence-electron chi connectivity index (χ0n) is 7.23. The van der Waals surface area contributed by atoms with Crippen molar-refractivity contribution >= 4 is 5.97 Å². The van der Waals surface area contributed by atoms with Crippen LogP contribution in [0.5, 0.6) is 0 Å². The van der Waals surface area contributed by atoms with E-state index in [1.807, 2.05) is 0 Å². The van der Waals surface area contributed by atoms with Gasteiger partial charge in [0.25, 0.3) is 0 Å². The van der Waals surface area contributed by atoms with Crippen LogP contribution in [0, 0.1) is 12.3 Å². The number of hydrogen-bond acceptors (Lipinski definition) is 3. The molecule has 4 nitrogen and oxygen atoms in total. The van der Waals surface area contributed by atoms with E-state index in [9.17, 15) is 4.79 Å². The molecule has 1 N–H and O–H groups in total. The Kier molecular flexibility index (Phi) is 3.74.